The van der Waals surface area contributed by atoms with E-state index in [9.17, 15) is 14.4 Å². The Balaban J connectivity index is 1.40. The molecular weight excluding hydrogens is 540 g/mol. The average molecular weight is 601 g/mol. The molecule has 0 unspecified atom stereocenters. The zero-order chi connectivity index (χ0) is 31.6. The van der Waals surface area contributed by atoms with Crippen LogP contribution in [0.15, 0.2) is 0 Å². The number of carboxylic acids is 1. The minimum Gasteiger partial charge on any atom is -0.481 e. The van der Waals surface area contributed by atoms with E-state index in [0.717, 1.165) is 19.3 Å². The van der Waals surface area contributed by atoms with Crippen LogP contribution in [0.1, 0.15) is 139 Å². The van der Waals surface area contributed by atoms with Crippen molar-refractivity contribution < 1.29 is 29.0 Å². The normalized spacial score (nSPS) is 44.9. The number of hydrogen-bond donors (Lipinski definition) is 1. The van der Waals surface area contributed by atoms with Crippen molar-refractivity contribution in [3.63, 3.8) is 0 Å². The molecule has 0 saturated heterocycles. The first kappa shape index (κ1) is 32.8. The van der Waals surface area contributed by atoms with Gasteiger partial charge in [0.15, 0.2) is 0 Å². The number of rotatable bonds is 8. The van der Waals surface area contributed by atoms with Crippen molar-refractivity contribution in [2.24, 2.45) is 62.6 Å². The van der Waals surface area contributed by atoms with Gasteiger partial charge >= 0.3 is 17.9 Å². The van der Waals surface area contributed by atoms with E-state index in [4.69, 9.17) is 14.6 Å². The number of fused-ring (bicyclic) bond motifs is 7. The second-order valence-corrected chi connectivity index (χ2v) is 17.3. The monoisotopic (exact) mass is 600 g/mol. The zero-order valence-electron chi connectivity index (χ0n) is 28.4. The molecule has 0 aromatic heterocycles. The fourth-order valence-corrected chi connectivity index (χ4v) is 13.0. The molecule has 5 aliphatic rings. The molecule has 1 N–H and O–H groups in total. The van der Waals surface area contributed by atoms with Crippen LogP contribution in [0.3, 0.4) is 0 Å². The molecule has 0 aromatic carbocycles. The third kappa shape index (κ3) is 5.17. The molecule has 244 valence electrons. The highest BCUT2D eigenvalue weighted by Gasteiger charge is 2.71. The number of carboxylic acid groups (broad SMARTS) is 1. The van der Waals surface area contributed by atoms with Gasteiger partial charge in [-0.05, 0) is 128 Å². The third-order valence-electron chi connectivity index (χ3n) is 15.2. The first-order valence-corrected chi connectivity index (χ1v) is 17.6. The van der Waals surface area contributed by atoms with Gasteiger partial charge in [0.2, 0.25) is 0 Å². The van der Waals surface area contributed by atoms with Crippen LogP contribution in [0.25, 0.3) is 0 Å². The number of aliphatic carboxylic acids is 1. The standard InChI is InChI=1S/C37H60O6/c1-23(2)25-13-18-37(21-22-42-31(41)12-11-30(39)40)20-19-35(7)26(32(25)37)9-10-28-34(6)16-15-29(43-24(3)38)33(4,5)27(34)14-17-36(28,35)8/h23,25-29,32H,9-22H2,1-8H3,(H,39,40)/t25-,26-,27+,28+,29+,32-,34-,35+,36+,37+/m0/s1. The fraction of sp³-hybridized carbons (Fsp3) is 0.919. The van der Waals surface area contributed by atoms with Crippen molar-refractivity contribution in [3.05, 3.63) is 0 Å². The summed E-state index contributed by atoms with van der Waals surface area (Å²) < 4.78 is 11.6. The molecule has 10 atom stereocenters. The summed E-state index contributed by atoms with van der Waals surface area (Å²) >= 11 is 0. The minimum atomic E-state index is -0.953. The molecule has 5 saturated carbocycles. The van der Waals surface area contributed by atoms with Gasteiger partial charge in [0, 0.05) is 12.3 Å². The third-order valence-corrected chi connectivity index (χ3v) is 15.2. The molecule has 0 aromatic rings. The molecule has 6 heteroatoms. The second kappa shape index (κ2) is 11.3. The van der Waals surface area contributed by atoms with Gasteiger partial charge in [-0.2, -0.15) is 0 Å². The maximum atomic E-state index is 12.3. The molecule has 5 fully saturated rings. The predicted molar refractivity (Wildman–Crippen MR) is 167 cm³/mol. The van der Waals surface area contributed by atoms with E-state index in [1.807, 2.05) is 0 Å². The maximum absolute atomic E-state index is 12.3. The topological polar surface area (TPSA) is 89.9 Å². The first-order valence-electron chi connectivity index (χ1n) is 17.6. The Kier molecular flexibility index (Phi) is 8.64. The number of carbonyl (C=O) groups excluding carboxylic acids is 2. The molecule has 5 aliphatic carbocycles. The van der Waals surface area contributed by atoms with E-state index < -0.39 is 5.97 Å². The van der Waals surface area contributed by atoms with Gasteiger partial charge in [-0.1, -0.05) is 48.5 Å². The van der Waals surface area contributed by atoms with Gasteiger partial charge in [0.1, 0.15) is 6.10 Å². The van der Waals surface area contributed by atoms with E-state index in [1.54, 1.807) is 6.92 Å². The van der Waals surface area contributed by atoms with Crippen LogP contribution in [-0.4, -0.2) is 35.7 Å². The number of hydrogen-bond acceptors (Lipinski definition) is 5. The van der Waals surface area contributed by atoms with Crippen LogP contribution < -0.4 is 0 Å². The summed E-state index contributed by atoms with van der Waals surface area (Å²) in [5, 5.41) is 8.96. The van der Waals surface area contributed by atoms with E-state index >= 15 is 0 Å². The summed E-state index contributed by atoms with van der Waals surface area (Å²) in [6.07, 6.45) is 12.9. The summed E-state index contributed by atoms with van der Waals surface area (Å²) in [4.78, 5) is 35.2. The van der Waals surface area contributed by atoms with Crippen molar-refractivity contribution in [2.75, 3.05) is 6.61 Å². The van der Waals surface area contributed by atoms with E-state index in [-0.39, 0.29) is 58.0 Å². The highest BCUT2D eigenvalue weighted by molar-refractivity contribution is 5.76. The van der Waals surface area contributed by atoms with Gasteiger partial charge in [0.25, 0.3) is 0 Å². The summed E-state index contributed by atoms with van der Waals surface area (Å²) in [6.45, 7) is 19.5. The Labute approximate surface area is 260 Å². The van der Waals surface area contributed by atoms with Crippen LogP contribution in [0.4, 0.5) is 0 Å². The average Bonchev–Trinajstić information content (AvgIpc) is 3.29. The molecular formula is C37H60O6. The molecule has 0 spiro atoms. The molecule has 0 heterocycles. The van der Waals surface area contributed by atoms with Gasteiger partial charge < -0.3 is 14.6 Å². The van der Waals surface area contributed by atoms with Crippen molar-refractivity contribution in [2.45, 2.75) is 145 Å². The van der Waals surface area contributed by atoms with E-state index in [0.29, 0.717) is 42.1 Å². The van der Waals surface area contributed by atoms with Crippen LogP contribution in [0, 0.1) is 62.6 Å². The first-order chi connectivity index (χ1) is 20.0. The minimum absolute atomic E-state index is 0.0122. The maximum Gasteiger partial charge on any atom is 0.306 e. The van der Waals surface area contributed by atoms with Crippen molar-refractivity contribution in [1.82, 2.24) is 0 Å². The lowest BCUT2D eigenvalue weighted by molar-refractivity contribution is -0.252. The van der Waals surface area contributed by atoms with Crippen LogP contribution in [0.2, 0.25) is 0 Å². The molecule has 0 radical (unpaired) electrons. The largest absolute Gasteiger partial charge is 0.481 e. The van der Waals surface area contributed by atoms with Crippen LogP contribution in [0.5, 0.6) is 0 Å². The summed E-state index contributed by atoms with van der Waals surface area (Å²) in [7, 11) is 0. The quantitative estimate of drug-likeness (QED) is 0.281. The summed E-state index contributed by atoms with van der Waals surface area (Å²) in [5.74, 6) is 2.45. The highest BCUT2D eigenvalue weighted by atomic mass is 16.5. The van der Waals surface area contributed by atoms with Gasteiger partial charge in [-0.25, -0.2) is 0 Å². The Hall–Kier alpha value is -1.59. The lowest BCUT2D eigenvalue weighted by Crippen LogP contribution is -2.66. The number of esters is 2. The molecule has 0 bridgehead atoms. The Morgan fingerprint density at radius 1 is 0.814 bits per heavy atom. The number of ether oxygens (including phenoxy) is 2. The van der Waals surface area contributed by atoms with Crippen molar-refractivity contribution in [1.29, 1.82) is 0 Å². The molecule has 0 amide bonds. The van der Waals surface area contributed by atoms with Crippen LogP contribution in [-0.2, 0) is 23.9 Å². The van der Waals surface area contributed by atoms with Gasteiger partial charge in [-0.3, -0.25) is 14.4 Å². The predicted octanol–water partition coefficient (Wildman–Crippen LogP) is 8.45. The van der Waals surface area contributed by atoms with Gasteiger partial charge in [-0.15, -0.1) is 0 Å². The summed E-state index contributed by atoms with van der Waals surface area (Å²) in [5.41, 5.74) is 1.03. The SMILES string of the molecule is CC(=O)O[C@@H]1CC[C@@]2(C)[C@H](CC[C@]3(C)[C@@H]2CC[C@H]2[C@@H]4[C@H](C(C)C)CC[C@]4(CCOC(=O)CCC(=O)O)CC[C@]23C)C1(C)C. The van der Waals surface area contributed by atoms with E-state index in [1.165, 1.54) is 51.4 Å². The summed E-state index contributed by atoms with van der Waals surface area (Å²) in [6, 6.07) is 0. The number of carbonyl (C=O) groups is 3. The van der Waals surface area contributed by atoms with Crippen LogP contribution >= 0.6 is 0 Å². The Morgan fingerprint density at radius 3 is 2.19 bits per heavy atom. The fourth-order valence-electron chi connectivity index (χ4n) is 13.0. The second-order valence-electron chi connectivity index (χ2n) is 17.3. The smallest absolute Gasteiger partial charge is 0.306 e. The van der Waals surface area contributed by atoms with E-state index in [2.05, 4.69) is 48.5 Å². The molecule has 6 nitrogen and oxygen atoms in total. The lowest BCUT2D eigenvalue weighted by atomic mass is 9.32. The highest BCUT2D eigenvalue weighted by Crippen LogP contribution is 2.78. The van der Waals surface area contributed by atoms with Gasteiger partial charge in [0.05, 0.1) is 19.4 Å². The molecule has 0 aliphatic heterocycles. The van der Waals surface area contributed by atoms with Crippen molar-refractivity contribution in [3.8, 4) is 0 Å². The zero-order valence-corrected chi connectivity index (χ0v) is 28.4. The van der Waals surface area contributed by atoms with Crippen molar-refractivity contribution >= 4 is 17.9 Å². The molecule has 43 heavy (non-hydrogen) atoms. The lowest BCUT2D eigenvalue weighted by Gasteiger charge is -2.73. The molecule has 5 rings (SSSR count). The Bertz CT molecular complexity index is 1100. The Morgan fingerprint density at radius 2 is 1.53 bits per heavy atom.